The lowest BCUT2D eigenvalue weighted by atomic mass is 10.2. The summed E-state index contributed by atoms with van der Waals surface area (Å²) in [4.78, 5) is 16.1. The highest BCUT2D eigenvalue weighted by Crippen LogP contribution is 2.30. The van der Waals surface area contributed by atoms with Crippen molar-refractivity contribution in [2.24, 2.45) is 0 Å². The van der Waals surface area contributed by atoms with Crippen LogP contribution in [0.3, 0.4) is 0 Å². The highest BCUT2D eigenvalue weighted by molar-refractivity contribution is 7.99. The molecule has 1 N–H and O–H groups in total. The quantitative estimate of drug-likeness (QED) is 0.623. The molecule has 0 aliphatic heterocycles. The number of amides is 1. The largest absolute Gasteiger partial charge is 0.416 e. The Balaban J connectivity index is 1.66. The molecule has 0 saturated carbocycles. The molecule has 0 atom stereocenters. The summed E-state index contributed by atoms with van der Waals surface area (Å²) in [6.45, 7) is 2.53. The van der Waals surface area contributed by atoms with E-state index in [2.05, 4.69) is 20.5 Å². The third-order valence-corrected chi connectivity index (χ3v) is 4.74. The second-order valence-corrected chi connectivity index (χ2v) is 6.64. The smallest absolute Gasteiger partial charge is 0.325 e. The summed E-state index contributed by atoms with van der Waals surface area (Å²) in [6.07, 6.45) is -1.16. The second kappa shape index (κ2) is 8.42. The minimum absolute atomic E-state index is 0.00920. The van der Waals surface area contributed by atoms with E-state index in [1.807, 2.05) is 23.6 Å². The molecule has 2 aromatic heterocycles. The first-order valence-corrected chi connectivity index (χ1v) is 9.30. The lowest BCUT2D eigenvalue weighted by Crippen LogP contribution is -2.15. The summed E-state index contributed by atoms with van der Waals surface area (Å²) in [5.41, 5.74) is 0.130. The molecule has 1 aromatic carbocycles. The molecule has 3 rings (SSSR count). The molecule has 3 aromatic rings. The predicted molar refractivity (Wildman–Crippen MR) is 99.7 cm³/mol. The van der Waals surface area contributed by atoms with Gasteiger partial charge in [0, 0.05) is 30.2 Å². The van der Waals surface area contributed by atoms with Crippen LogP contribution in [0.4, 0.5) is 18.9 Å². The number of hydrogen-bond acceptors (Lipinski definition) is 5. The minimum Gasteiger partial charge on any atom is -0.325 e. The summed E-state index contributed by atoms with van der Waals surface area (Å²) < 4.78 is 40.1. The number of nitrogens with zero attached hydrogens (tertiary/aromatic N) is 4. The number of anilines is 1. The first-order chi connectivity index (χ1) is 13.4. The van der Waals surface area contributed by atoms with E-state index >= 15 is 0 Å². The van der Waals surface area contributed by atoms with Gasteiger partial charge in [0.1, 0.15) is 0 Å². The van der Waals surface area contributed by atoms with E-state index in [0.29, 0.717) is 17.5 Å². The molecular weight excluding hydrogens is 391 g/mol. The fourth-order valence-corrected chi connectivity index (χ4v) is 3.30. The van der Waals surface area contributed by atoms with Crippen LogP contribution in [0, 0.1) is 0 Å². The van der Waals surface area contributed by atoms with E-state index in [4.69, 9.17) is 0 Å². The molecular formula is C18H16F3N5OS. The van der Waals surface area contributed by atoms with Gasteiger partial charge in [-0.1, -0.05) is 17.8 Å². The summed E-state index contributed by atoms with van der Waals surface area (Å²) >= 11 is 1.16. The molecule has 0 radical (unpaired) electrons. The van der Waals surface area contributed by atoms with Crippen molar-refractivity contribution in [1.29, 1.82) is 0 Å². The number of nitrogens with one attached hydrogen (secondary N) is 1. The molecule has 0 bridgehead atoms. The van der Waals surface area contributed by atoms with Crippen molar-refractivity contribution in [3.05, 3.63) is 54.4 Å². The highest BCUT2D eigenvalue weighted by Gasteiger charge is 2.30. The van der Waals surface area contributed by atoms with Crippen LogP contribution in [0.1, 0.15) is 12.5 Å². The number of halogens is 3. The molecule has 0 unspecified atom stereocenters. The van der Waals surface area contributed by atoms with Crippen molar-refractivity contribution in [1.82, 2.24) is 19.7 Å². The average molecular weight is 407 g/mol. The van der Waals surface area contributed by atoms with E-state index in [0.717, 1.165) is 29.5 Å². The van der Waals surface area contributed by atoms with Gasteiger partial charge in [-0.15, -0.1) is 10.2 Å². The Labute approximate surface area is 163 Å². The Morgan fingerprint density at radius 2 is 1.93 bits per heavy atom. The van der Waals surface area contributed by atoms with Crippen LogP contribution < -0.4 is 5.32 Å². The molecule has 28 heavy (non-hydrogen) atoms. The maximum absolute atomic E-state index is 12.8. The van der Waals surface area contributed by atoms with E-state index in [1.165, 1.54) is 12.1 Å². The molecule has 0 spiro atoms. The van der Waals surface area contributed by atoms with Crippen LogP contribution in [0.5, 0.6) is 0 Å². The zero-order valence-corrected chi connectivity index (χ0v) is 15.6. The minimum atomic E-state index is -4.46. The third kappa shape index (κ3) is 4.69. The summed E-state index contributed by atoms with van der Waals surface area (Å²) in [5.74, 6) is 0.219. The van der Waals surface area contributed by atoms with Crippen LogP contribution in [0.2, 0.25) is 0 Å². The normalized spacial score (nSPS) is 11.4. The SMILES string of the molecule is CCn1c(SCC(=O)Nc2cccc(C(F)(F)F)c2)nnc1-c1ccncc1. The van der Waals surface area contributed by atoms with Crippen LogP contribution >= 0.6 is 11.8 Å². The number of alkyl halides is 3. The molecule has 0 aliphatic carbocycles. The standard InChI is InChI=1S/C18H16F3N5OS/c1-2-26-16(12-6-8-22-9-7-12)24-25-17(26)28-11-15(27)23-14-5-3-4-13(10-14)18(19,20)21/h3-10H,2,11H2,1H3,(H,23,27). The first kappa shape index (κ1) is 19.9. The van der Waals surface area contributed by atoms with Gasteiger partial charge in [-0.3, -0.25) is 9.78 Å². The topological polar surface area (TPSA) is 72.7 Å². The molecule has 146 valence electrons. The molecule has 10 heteroatoms. The fourth-order valence-electron chi connectivity index (χ4n) is 2.50. The summed E-state index contributed by atoms with van der Waals surface area (Å²) in [6, 6.07) is 8.14. The highest BCUT2D eigenvalue weighted by atomic mass is 32.2. The van der Waals surface area contributed by atoms with E-state index in [9.17, 15) is 18.0 Å². The van der Waals surface area contributed by atoms with Crippen molar-refractivity contribution in [2.75, 3.05) is 11.1 Å². The van der Waals surface area contributed by atoms with Crippen LogP contribution in [0.25, 0.3) is 11.4 Å². The van der Waals surface area contributed by atoms with Crippen molar-refractivity contribution >= 4 is 23.4 Å². The average Bonchev–Trinajstić information content (AvgIpc) is 3.09. The van der Waals surface area contributed by atoms with Gasteiger partial charge >= 0.3 is 6.18 Å². The number of aromatic nitrogens is 4. The number of hydrogen-bond donors (Lipinski definition) is 1. The van der Waals surface area contributed by atoms with Gasteiger partial charge in [0.25, 0.3) is 0 Å². The van der Waals surface area contributed by atoms with E-state index in [-0.39, 0.29) is 11.4 Å². The van der Waals surface area contributed by atoms with Gasteiger partial charge < -0.3 is 9.88 Å². The maximum atomic E-state index is 12.8. The molecule has 0 fully saturated rings. The number of benzene rings is 1. The van der Waals surface area contributed by atoms with Crippen LogP contribution in [0.15, 0.2) is 53.9 Å². The number of pyridine rings is 1. The summed E-state index contributed by atoms with van der Waals surface area (Å²) in [5, 5.41) is 11.3. The van der Waals surface area contributed by atoms with Gasteiger partial charge in [-0.2, -0.15) is 13.2 Å². The van der Waals surface area contributed by atoms with Gasteiger partial charge in [0.15, 0.2) is 11.0 Å². The number of thioether (sulfide) groups is 1. The zero-order valence-electron chi connectivity index (χ0n) is 14.8. The predicted octanol–water partition coefficient (Wildman–Crippen LogP) is 4.11. The zero-order chi connectivity index (χ0) is 20.1. The number of carbonyl (C=O) groups excluding carboxylic acids is 1. The Morgan fingerprint density at radius 3 is 2.61 bits per heavy atom. The molecule has 1 amide bonds. The molecule has 2 heterocycles. The first-order valence-electron chi connectivity index (χ1n) is 8.32. The monoisotopic (exact) mass is 407 g/mol. The van der Waals surface area contributed by atoms with Crippen LogP contribution in [-0.4, -0.2) is 31.4 Å². The van der Waals surface area contributed by atoms with E-state index < -0.39 is 17.6 Å². The second-order valence-electron chi connectivity index (χ2n) is 5.70. The van der Waals surface area contributed by atoms with Crippen molar-refractivity contribution in [2.45, 2.75) is 24.8 Å². The molecule has 0 aliphatic rings. The van der Waals surface area contributed by atoms with Crippen LogP contribution in [-0.2, 0) is 17.5 Å². The number of carbonyl (C=O) groups is 1. The number of rotatable bonds is 6. The lowest BCUT2D eigenvalue weighted by molar-refractivity contribution is -0.137. The molecule has 6 nitrogen and oxygen atoms in total. The Morgan fingerprint density at radius 1 is 1.18 bits per heavy atom. The van der Waals surface area contributed by atoms with Crippen molar-refractivity contribution in [3.8, 4) is 11.4 Å². The Hall–Kier alpha value is -2.88. The van der Waals surface area contributed by atoms with Gasteiger partial charge in [0.05, 0.1) is 11.3 Å². The Bertz CT molecular complexity index is 959. The van der Waals surface area contributed by atoms with E-state index in [1.54, 1.807) is 12.4 Å². The van der Waals surface area contributed by atoms with Gasteiger partial charge in [0.2, 0.25) is 5.91 Å². The van der Waals surface area contributed by atoms with Gasteiger partial charge in [-0.05, 0) is 37.3 Å². The Kier molecular flexibility index (Phi) is 5.98. The fraction of sp³-hybridized carbons (Fsp3) is 0.222. The van der Waals surface area contributed by atoms with Crippen molar-refractivity contribution in [3.63, 3.8) is 0 Å². The lowest BCUT2D eigenvalue weighted by Gasteiger charge is -2.10. The summed E-state index contributed by atoms with van der Waals surface area (Å²) in [7, 11) is 0. The third-order valence-electron chi connectivity index (χ3n) is 3.78. The van der Waals surface area contributed by atoms with Crippen molar-refractivity contribution < 1.29 is 18.0 Å². The maximum Gasteiger partial charge on any atom is 0.416 e. The van der Waals surface area contributed by atoms with Gasteiger partial charge in [-0.25, -0.2) is 0 Å². The molecule has 0 saturated heterocycles.